The highest BCUT2D eigenvalue weighted by molar-refractivity contribution is 6.09. The van der Waals surface area contributed by atoms with Gasteiger partial charge >= 0.3 is 6.03 Å². The number of nitrogens with zero attached hydrogens (tertiary/aromatic N) is 1. The molecular weight excluding hydrogens is 313 g/mol. The van der Waals surface area contributed by atoms with Gasteiger partial charge in [-0.05, 0) is 37.5 Å². The topological polar surface area (TPSA) is 78.5 Å². The van der Waals surface area contributed by atoms with Crippen molar-refractivity contribution in [3.8, 4) is 0 Å². The van der Waals surface area contributed by atoms with Crippen LogP contribution in [0.3, 0.4) is 0 Å². The molecule has 0 saturated carbocycles. The van der Waals surface area contributed by atoms with Crippen LogP contribution in [0.1, 0.15) is 39.2 Å². The third kappa shape index (κ3) is 3.25. The molecule has 6 nitrogen and oxygen atoms in total. The van der Waals surface area contributed by atoms with Gasteiger partial charge in [-0.2, -0.15) is 0 Å². The Kier molecular flexibility index (Phi) is 5.21. The number of nitrogens with one attached hydrogen (secondary N) is 2. The Morgan fingerprint density at radius 3 is 2.46 bits per heavy atom. The maximum Gasteiger partial charge on any atom is 0.325 e. The van der Waals surface area contributed by atoms with Crippen LogP contribution in [-0.4, -0.2) is 35.3 Å². The maximum absolute atomic E-state index is 13.1. The highest BCUT2D eigenvalue weighted by Gasteiger charge is 2.51. The van der Waals surface area contributed by atoms with E-state index in [2.05, 4.69) is 10.6 Å². The van der Waals surface area contributed by atoms with E-state index in [4.69, 9.17) is 0 Å². The zero-order valence-corrected chi connectivity index (χ0v) is 14.1. The first-order valence-corrected chi connectivity index (χ1v) is 8.03. The van der Waals surface area contributed by atoms with Gasteiger partial charge in [0.2, 0.25) is 5.91 Å². The highest BCUT2D eigenvalue weighted by atomic mass is 19.1. The second kappa shape index (κ2) is 6.98. The van der Waals surface area contributed by atoms with Gasteiger partial charge < -0.3 is 10.6 Å². The molecule has 1 aliphatic heterocycles. The summed E-state index contributed by atoms with van der Waals surface area (Å²) in [5.74, 6) is -1.31. The van der Waals surface area contributed by atoms with Gasteiger partial charge in [-0.15, -0.1) is 0 Å². The molecule has 24 heavy (non-hydrogen) atoms. The molecule has 2 atom stereocenters. The molecule has 2 rings (SSSR count). The second-order valence-electron chi connectivity index (χ2n) is 5.96. The molecule has 1 heterocycles. The van der Waals surface area contributed by atoms with Crippen molar-refractivity contribution in [1.82, 2.24) is 15.5 Å². The van der Waals surface area contributed by atoms with Crippen molar-refractivity contribution in [2.75, 3.05) is 6.54 Å². The molecule has 0 aromatic heterocycles. The van der Waals surface area contributed by atoms with Gasteiger partial charge in [-0.3, -0.25) is 14.5 Å². The maximum atomic E-state index is 13.1. The Balaban J connectivity index is 2.23. The third-order valence-corrected chi connectivity index (χ3v) is 4.36. The van der Waals surface area contributed by atoms with E-state index < -0.39 is 23.3 Å². The number of rotatable bonds is 6. The van der Waals surface area contributed by atoms with Gasteiger partial charge in [-0.1, -0.05) is 26.0 Å². The van der Waals surface area contributed by atoms with Crippen molar-refractivity contribution in [1.29, 1.82) is 0 Å². The number of hydrogen-bond donors (Lipinski definition) is 2. The lowest BCUT2D eigenvalue weighted by atomic mass is 9.87. The Bertz CT molecular complexity index is 647. The fourth-order valence-electron chi connectivity index (χ4n) is 2.71. The van der Waals surface area contributed by atoms with Crippen LogP contribution in [-0.2, 0) is 15.1 Å². The number of urea groups is 1. The molecule has 1 saturated heterocycles. The largest absolute Gasteiger partial charge is 0.352 e. The molecular formula is C17H22FN3O3. The summed E-state index contributed by atoms with van der Waals surface area (Å²) < 4.78 is 13.1. The summed E-state index contributed by atoms with van der Waals surface area (Å²) in [6, 6.07) is 4.77. The number of carbonyl (C=O) groups is 3. The molecule has 0 spiro atoms. The summed E-state index contributed by atoms with van der Waals surface area (Å²) in [6.45, 7) is 5.19. The van der Waals surface area contributed by atoms with Crippen LogP contribution in [0.2, 0.25) is 0 Å². The first-order chi connectivity index (χ1) is 11.3. The van der Waals surface area contributed by atoms with E-state index in [1.165, 1.54) is 24.3 Å². The van der Waals surface area contributed by atoms with Crippen LogP contribution in [0.5, 0.6) is 0 Å². The summed E-state index contributed by atoms with van der Waals surface area (Å²) in [7, 11) is 0. The first kappa shape index (κ1) is 17.9. The lowest BCUT2D eigenvalue weighted by Gasteiger charge is -2.25. The predicted molar refractivity (Wildman–Crippen MR) is 86.5 cm³/mol. The number of carbonyl (C=O) groups excluding carboxylic acids is 3. The van der Waals surface area contributed by atoms with Crippen molar-refractivity contribution in [3.05, 3.63) is 35.6 Å². The van der Waals surface area contributed by atoms with Gasteiger partial charge in [0.05, 0.1) is 0 Å². The molecule has 4 amide bonds. The predicted octanol–water partition coefficient (Wildman–Crippen LogP) is 1.90. The summed E-state index contributed by atoms with van der Waals surface area (Å²) in [4.78, 5) is 38.0. The minimum atomic E-state index is -1.26. The van der Waals surface area contributed by atoms with E-state index >= 15 is 0 Å². The van der Waals surface area contributed by atoms with Crippen molar-refractivity contribution in [2.24, 2.45) is 0 Å². The molecule has 7 heteroatoms. The molecule has 1 fully saturated rings. The van der Waals surface area contributed by atoms with E-state index in [0.717, 1.165) is 11.3 Å². The highest BCUT2D eigenvalue weighted by Crippen LogP contribution is 2.32. The lowest BCUT2D eigenvalue weighted by Crippen LogP contribution is -2.45. The standard InChI is InChI=1S/C17H22FN3O3/c1-4-11(3)19-14(22)10-21-15(23)17(5-2,20-16(21)24)12-6-8-13(18)9-7-12/h6-9,11H,4-5,10H2,1-3H3,(H,19,22)(H,20,24). The van der Waals surface area contributed by atoms with Crippen molar-refractivity contribution < 1.29 is 18.8 Å². The minimum absolute atomic E-state index is 0.0358. The normalized spacial score (nSPS) is 21.6. The average Bonchev–Trinajstić information content (AvgIpc) is 2.80. The van der Waals surface area contributed by atoms with E-state index in [1.807, 2.05) is 13.8 Å². The van der Waals surface area contributed by atoms with E-state index in [1.54, 1.807) is 6.92 Å². The van der Waals surface area contributed by atoms with Gasteiger partial charge in [0.15, 0.2) is 0 Å². The molecule has 0 aliphatic carbocycles. The molecule has 1 aromatic carbocycles. The summed E-state index contributed by atoms with van der Waals surface area (Å²) in [5.41, 5.74) is -0.767. The van der Waals surface area contributed by atoms with E-state index in [-0.39, 0.29) is 18.5 Å². The van der Waals surface area contributed by atoms with E-state index in [9.17, 15) is 18.8 Å². The Labute approximate surface area is 140 Å². The van der Waals surface area contributed by atoms with Gasteiger partial charge in [0, 0.05) is 6.04 Å². The smallest absolute Gasteiger partial charge is 0.325 e. The third-order valence-electron chi connectivity index (χ3n) is 4.36. The summed E-state index contributed by atoms with van der Waals surface area (Å²) >= 11 is 0. The van der Waals surface area contributed by atoms with Crippen LogP contribution < -0.4 is 10.6 Å². The van der Waals surface area contributed by atoms with Crippen molar-refractivity contribution in [3.63, 3.8) is 0 Å². The molecule has 130 valence electrons. The Morgan fingerprint density at radius 2 is 1.92 bits per heavy atom. The number of imide groups is 1. The molecule has 1 aliphatic rings. The fraction of sp³-hybridized carbons (Fsp3) is 0.471. The average molecular weight is 335 g/mol. The van der Waals surface area contributed by atoms with Gasteiger partial charge in [0.25, 0.3) is 5.91 Å². The molecule has 2 unspecified atom stereocenters. The minimum Gasteiger partial charge on any atom is -0.352 e. The summed E-state index contributed by atoms with van der Waals surface area (Å²) in [5, 5.41) is 5.39. The number of benzene rings is 1. The first-order valence-electron chi connectivity index (χ1n) is 8.03. The zero-order valence-electron chi connectivity index (χ0n) is 14.1. The quantitative estimate of drug-likeness (QED) is 0.779. The van der Waals surface area contributed by atoms with Crippen molar-refractivity contribution >= 4 is 17.8 Å². The molecule has 0 bridgehead atoms. The van der Waals surface area contributed by atoms with Crippen LogP contribution in [0.25, 0.3) is 0 Å². The lowest BCUT2D eigenvalue weighted by molar-refractivity contribution is -0.135. The van der Waals surface area contributed by atoms with Crippen LogP contribution in [0, 0.1) is 5.82 Å². The van der Waals surface area contributed by atoms with Gasteiger partial charge in [-0.25, -0.2) is 9.18 Å². The number of hydrogen-bond acceptors (Lipinski definition) is 3. The Morgan fingerprint density at radius 1 is 1.29 bits per heavy atom. The zero-order chi connectivity index (χ0) is 17.9. The summed E-state index contributed by atoms with van der Waals surface area (Å²) in [6.07, 6.45) is 1.05. The second-order valence-corrected chi connectivity index (χ2v) is 5.96. The van der Waals surface area contributed by atoms with Crippen LogP contribution in [0.15, 0.2) is 24.3 Å². The van der Waals surface area contributed by atoms with Crippen LogP contribution in [0.4, 0.5) is 9.18 Å². The SMILES string of the molecule is CCC(C)NC(=O)CN1C(=O)NC(CC)(c2ccc(F)cc2)C1=O. The monoisotopic (exact) mass is 335 g/mol. The molecule has 2 N–H and O–H groups in total. The van der Waals surface area contributed by atoms with Crippen molar-refractivity contribution in [2.45, 2.75) is 45.2 Å². The number of halogens is 1. The molecule has 1 aromatic rings. The fourth-order valence-corrected chi connectivity index (χ4v) is 2.71. The number of amides is 4. The van der Waals surface area contributed by atoms with Crippen LogP contribution >= 0.6 is 0 Å². The van der Waals surface area contributed by atoms with Gasteiger partial charge in [0.1, 0.15) is 17.9 Å². The molecule has 0 radical (unpaired) electrons. The van der Waals surface area contributed by atoms with E-state index in [0.29, 0.717) is 12.0 Å². The Hall–Kier alpha value is -2.44.